The molecule has 5 heteroatoms. The topological polar surface area (TPSA) is 37.9 Å². The Hall–Kier alpha value is -0.970. The number of rotatable bonds is 3. The Balaban J connectivity index is 0.000000671. The van der Waals surface area contributed by atoms with Crippen molar-refractivity contribution in [3.05, 3.63) is 17.5 Å². The molecule has 0 amide bonds. The zero-order chi connectivity index (χ0) is 10.3. The summed E-state index contributed by atoms with van der Waals surface area (Å²) >= 11 is 0. The summed E-state index contributed by atoms with van der Waals surface area (Å²) in [5, 5.41) is 5.91. The molecule has 0 saturated carbocycles. The lowest BCUT2D eigenvalue weighted by atomic mass is 10.3. The van der Waals surface area contributed by atoms with E-state index >= 15 is 0 Å². The molecule has 0 aliphatic heterocycles. The van der Waals surface area contributed by atoms with Crippen molar-refractivity contribution in [1.82, 2.24) is 10.2 Å². The predicted octanol–water partition coefficient (Wildman–Crippen LogP) is 2.52. The number of nitrogens with zero attached hydrogens (tertiary/aromatic N) is 1. The minimum Gasteiger partial charge on any atom is -0.378 e. The van der Waals surface area contributed by atoms with Crippen LogP contribution in [0.1, 0.15) is 31.5 Å². The Morgan fingerprint density at radius 1 is 1.54 bits per heavy atom. The third kappa shape index (κ3) is 3.50. The van der Waals surface area contributed by atoms with Crippen molar-refractivity contribution in [2.45, 2.75) is 26.9 Å². The first-order chi connectivity index (χ1) is 6.25. The van der Waals surface area contributed by atoms with Crippen molar-refractivity contribution in [3.8, 4) is 0 Å². The van der Waals surface area contributed by atoms with E-state index in [4.69, 9.17) is 0 Å². The van der Waals surface area contributed by atoms with Gasteiger partial charge in [-0.25, -0.2) is 8.78 Å². The molecule has 0 radical (unpaired) electrons. The summed E-state index contributed by atoms with van der Waals surface area (Å²) in [6, 6.07) is 0. The third-order valence-electron chi connectivity index (χ3n) is 1.28. The van der Waals surface area contributed by atoms with Crippen molar-refractivity contribution < 1.29 is 13.5 Å². The van der Waals surface area contributed by atoms with Gasteiger partial charge in [-0.15, -0.1) is 0 Å². The second kappa shape index (κ2) is 6.54. The van der Waals surface area contributed by atoms with Gasteiger partial charge < -0.3 is 4.74 Å². The van der Waals surface area contributed by atoms with E-state index in [1.165, 1.54) is 7.11 Å². The van der Waals surface area contributed by atoms with E-state index in [9.17, 15) is 8.78 Å². The maximum atomic E-state index is 12.1. The van der Waals surface area contributed by atoms with E-state index in [1.54, 1.807) is 0 Å². The summed E-state index contributed by atoms with van der Waals surface area (Å²) in [5.41, 5.74) is 0.245. The molecule has 0 unspecified atom stereocenters. The first-order valence-corrected chi connectivity index (χ1v) is 4.05. The first-order valence-electron chi connectivity index (χ1n) is 4.05. The third-order valence-corrected chi connectivity index (χ3v) is 1.28. The number of aromatic nitrogens is 2. The van der Waals surface area contributed by atoms with Gasteiger partial charge in [0.15, 0.2) is 0 Å². The van der Waals surface area contributed by atoms with Crippen LogP contribution in [0.25, 0.3) is 0 Å². The van der Waals surface area contributed by atoms with Crippen LogP contribution in [0.5, 0.6) is 0 Å². The number of halogens is 2. The summed E-state index contributed by atoms with van der Waals surface area (Å²) in [6.07, 6.45) is -1.38. The molecule has 0 fully saturated rings. The average Bonchev–Trinajstić information content (AvgIpc) is 2.57. The van der Waals surface area contributed by atoms with Gasteiger partial charge in [-0.2, -0.15) is 5.10 Å². The Labute approximate surface area is 76.1 Å². The number of nitrogens with one attached hydrogen (secondary N) is 1. The number of ether oxygens (including phenoxy) is 1. The van der Waals surface area contributed by atoms with Gasteiger partial charge in [0.25, 0.3) is 6.43 Å². The molecule has 1 rings (SSSR count). The van der Waals surface area contributed by atoms with Gasteiger partial charge in [0, 0.05) is 7.11 Å². The highest BCUT2D eigenvalue weighted by atomic mass is 19.3. The van der Waals surface area contributed by atoms with Gasteiger partial charge in [0.05, 0.1) is 24.1 Å². The van der Waals surface area contributed by atoms with Crippen molar-refractivity contribution in [1.29, 1.82) is 0 Å². The van der Waals surface area contributed by atoms with E-state index in [0.29, 0.717) is 5.69 Å². The molecule has 3 nitrogen and oxygen atoms in total. The molecule has 1 heterocycles. The summed E-state index contributed by atoms with van der Waals surface area (Å²) < 4.78 is 28.8. The second-order valence-corrected chi connectivity index (χ2v) is 2.04. The molecule has 0 aliphatic carbocycles. The number of methoxy groups -OCH3 is 1. The molecule has 0 aromatic carbocycles. The molecular weight excluding hydrogens is 178 g/mol. The molecule has 1 aromatic heterocycles. The molecule has 0 saturated heterocycles. The molecule has 0 spiro atoms. The van der Waals surface area contributed by atoms with Crippen LogP contribution in [-0.2, 0) is 11.3 Å². The van der Waals surface area contributed by atoms with Gasteiger partial charge in [0.2, 0.25) is 0 Å². The number of H-pyrrole nitrogens is 1. The normalized spacial score (nSPS) is 9.69. The van der Waals surface area contributed by atoms with E-state index in [2.05, 4.69) is 14.9 Å². The molecule has 76 valence electrons. The van der Waals surface area contributed by atoms with Crippen LogP contribution in [0.2, 0.25) is 0 Å². The van der Waals surface area contributed by atoms with Crippen LogP contribution in [0, 0.1) is 0 Å². The number of alkyl halides is 2. The summed E-state index contributed by atoms with van der Waals surface area (Å²) in [5.74, 6) is 0. The van der Waals surface area contributed by atoms with Gasteiger partial charge in [-0.3, -0.25) is 5.10 Å². The standard InChI is InChI=1S/C6H8F2N2O.C2H6/c1-11-3-5-4(6(7)8)2-9-10-5;1-2/h2,6H,3H2,1H3,(H,9,10);1-2H3. The van der Waals surface area contributed by atoms with Crippen molar-refractivity contribution in [3.63, 3.8) is 0 Å². The molecule has 0 aliphatic rings. The van der Waals surface area contributed by atoms with Crippen LogP contribution in [-0.4, -0.2) is 17.3 Å². The Kier molecular flexibility index (Phi) is 6.05. The SMILES string of the molecule is CC.COCc1[nH]ncc1C(F)F. The van der Waals surface area contributed by atoms with Crippen LogP contribution < -0.4 is 0 Å². The molecule has 1 aromatic rings. The highest BCUT2D eigenvalue weighted by Gasteiger charge is 2.13. The Morgan fingerprint density at radius 3 is 2.62 bits per heavy atom. The van der Waals surface area contributed by atoms with Gasteiger partial charge in [-0.05, 0) is 0 Å². The van der Waals surface area contributed by atoms with Crippen LogP contribution in [0.3, 0.4) is 0 Å². The van der Waals surface area contributed by atoms with Crippen molar-refractivity contribution in [2.75, 3.05) is 7.11 Å². The maximum absolute atomic E-state index is 12.1. The fourth-order valence-corrected chi connectivity index (χ4v) is 0.770. The molecule has 13 heavy (non-hydrogen) atoms. The Morgan fingerprint density at radius 2 is 2.15 bits per heavy atom. The van der Waals surface area contributed by atoms with Crippen molar-refractivity contribution >= 4 is 0 Å². The van der Waals surface area contributed by atoms with Gasteiger partial charge in [0.1, 0.15) is 0 Å². The van der Waals surface area contributed by atoms with Crippen molar-refractivity contribution in [2.24, 2.45) is 0 Å². The molecular formula is C8H14F2N2O. The summed E-state index contributed by atoms with van der Waals surface area (Å²) in [4.78, 5) is 0. The largest absolute Gasteiger partial charge is 0.378 e. The van der Waals surface area contributed by atoms with Gasteiger partial charge in [-0.1, -0.05) is 13.8 Å². The smallest absolute Gasteiger partial charge is 0.267 e. The number of aromatic amines is 1. The minimum atomic E-state index is -2.49. The van der Waals surface area contributed by atoms with Crippen LogP contribution >= 0.6 is 0 Å². The fraction of sp³-hybridized carbons (Fsp3) is 0.625. The van der Waals surface area contributed by atoms with Crippen LogP contribution in [0.4, 0.5) is 8.78 Å². The number of hydrogen-bond acceptors (Lipinski definition) is 2. The average molecular weight is 192 g/mol. The van der Waals surface area contributed by atoms with Crippen LogP contribution in [0.15, 0.2) is 6.20 Å². The molecule has 0 bridgehead atoms. The Bertz CT molecular complexity index is 226. The number of hydrogen-bond donors (Lipinski definition) is 1. The van der Waals surface area contributed by atoms with E-state index in [-0.39, 0.29) is 12.2 Å². The zero-order valence-corrected chi connectivity index (χ0v) is 7.97. The predicted molar refractivity (Wildman–Crippen MR) is 45.6 cm³/mol. The maximum Gasteiger partial charge on any atom is 0.267 e. The van der Waals surface area contributed by atoms with E-state index in [0.717, 1.165) is 6.20 Å². The first kappa shape index (κ1) is 12.0. The lowest BCUT2D eigenvalue weighted by Gasteiger charge is -1.98. The second-order valence-electron chi connectivity index (χ2n) is 2.04. The molecule has 0 atom stereocenters. The highest BCUT2D eigenvalue weighted by molar-refractivity contribution is 5.16. The van der Waals surface area contributed by atoms with E-state index < -0.39 is 6.43 Å². The zero-order valence-electron chi connectivity index (χ0n) is 7.97. The summed E-state index contributed by atoms with van der Waals surface area (Å²) in [6.45, 7) is 4.14. The highest BCUT2D eigenvalue weighted by Crippen LogP contribution is 2.20. The molecule has 1 N–H and O–H groups in total. The monoisotopic (exact) mass is 192 g/mol. The fourth-order valence-electron chi connectivity index (χ4n) is 0.770. The van der Waals surface area contributed by atoms with E-state index in [1.807, 2.05) is 13.8 Å². The van der Waals surface area contributed by atoms with Gasteiger partial charge >= 0.3 is 0 Å². The minimum absolute atomic E-state index is 0.0909. The lowest BCUT2D eigenvalue weighted by Crippen LogP contribution is -1.93. The lowest BCUT2D eigenvalue weighted by molar-refractivity contribution is 0.140. The summed E-state index contributed by atoms with van der Waals surface area (Å²) in [7, 11) is 1.44. The quantitative estimate of drug-likeness (QED) is 0.799.